The zero-order valence-corrected chi connectivity index (χ0v) is 9.96. The van der Waals surface area contributed by atoms with Crippen LogP contribution in [0.5, 0.6) is 0 Å². The standard InChI is InChI=1S/C10H18N4S/c1-2-5-14(10-3-4-11-6-10)7-9-8-15-13-12-9/h8,10-11H,2-7H2,1H3. The molecular formula is C10H18N4S. The van der Waals surface area contributed by atoms with Crippen LogP contribution in [0.3, 0.4) is 0 Å². The van der Waals surface area contributed by atoms with Gasteiger partial charge in [-0.05, 0) is 37.5 Å². The summed E-state index contributed by atoms with van der Waals surface area (Å²) in [7, 11) is 0. The maximum absolute atomic E-state index is 4.12. The van der Waals surface area contributed by atoms with Crippen LogP contribution in [0.2, 0.25) is 0 Å². The molecule has 1 aromatic rings. The molecule has 1 N–H and O–H groups in total. The molecule has 5 heteroatoms. The second-order valence-corrected chi connectivity index (χ2v) is 4.62. The molecule has 1 unspecified atom stereocenters. The van der Waals surface area contributed by atoms with E-state index in [1.165, 1.54) is 24.4 Å². The van der Waals surface area contributed by atoms with Crippen LogP contribution in [-0.4, -0.2) is 40.2 Å². The first-order valence-corrected chi connectivity index (χ1v) is 6.44. The fourth-order valence-electron chi connectivity index (χ4n) is 2.09. The molecule has 0 aliphatic carbocycles. The van der Waals surface area contributed by atoms with E-state index in [1.54, 1.807) is 0 Å². The monoisotopic (exact) mass is 226 g/mol. The zero-order chi connectivity index (χ0) is 10.5. The van der Waals surface area contributed by atoms with E-state index in [4.69, 9.17) is 0 Å². The van der Waals surface area contributed by atoms with Gasteiger partial charge in [-0.15, -0.1) is 5.10 Å². The molecule has 4 nitrogen and oxygen atoms in total. The summed E-state index contributed by atoms with van der Waals surface area (Å²) in [6.45, 7) is 6.62. The lowest BCUT2D eigenvalue weighted by molar-refractivity contribution is 0.197. The minimum atomic E-state index is 0.687. The molecular weight excluding hydrogens is 208 g/mol. The fraction of sp³-hybridized carbons (Fsp3) is 0.800. The quantitative estimate of drug-likeness (QED) is 0.816. The number of rotatable bonds is 5. The van der Waals surface area contributed by atoms with Gasteiger partial charge in [-0.1, -0.05) is 11.4 Å². The lowest BCUT2D eigenvalue weighted by Crippen LogP contribution is -2.37. The van der Waals surface area contributed by atoms with Crippen molar-refractivity contribution in [3.05, 3.63) is 11.1 Å². The fourth-order valence-corrected chi connectivity index (χ4v) is 2.53. The van der Waals surface area contributed by atoms with Crippen LogP contribution in [0.1, 0.15) is 25.5 Å². The third-order valence-electron chi connectivity index (χ3n) is 2.83. The van der Waals surface area contributed by atoms with E-state index in [-0.39, 0.29) is 0 Å². The smallest absolute Gasteiger partial charge is 0.0895 e. The first-order chi connectivity index (χ1) is 7.40. The maximum Gasteiger partial charge on any atom is 0.0895 e. The summed E-state index contributed by atoms with van der Waals surface area (Å²) in [6.07, 6.45) is 2.46. The van der Waals surface area contributed by atoms with Crippen molar-refractivity contribution < 1.29 is 0 Å². The molecule has 2 heterocycles. The lowest BCUT2D eigenvalue weighted by Gasteiger charge is -2.26. The Bertz CT molecular complexity index is 269. The van der Waals surface area contributed by atoms with Crippen LogP contribution in [0.25, 0.3) is 0 Å². The minimum absolute atomic E-state index is 0.687. The summed E-state index contributed by atoms with van der Waals surface area (Å²) < 4.78 is 3.91. The second kappa shape index (κ2) is 5.53. The summed E-state index contributed by atoms with van der Waals surface area (Å²) >= 11 is 1.44. The van der Waals surface area contributed by atoms with Crippen molar-refractivity contribution in [1.29, 1.82) is 0 Å². The Morgan fingerprint density at radius 2 is 2.60 bits per heavy atom. The second-order valence-electron chi connectivity index (χ2n) is 4.01. The third-order valence-corrected chi connectivity index (χ3v) is 3.39. The molecule has 2 rings (SSSR count). The summed E-state index contributed by atoms with van der Waals surface area (Å²) in [5.74, 6) is 0. The van der Waals surface area contributed by atoms with Gasteiger partial charge in [-0.2, -0.15) is 0 Å². The third kappa shape index (κ3) is 2.96. The molecule has 0 bridgehead atoms. The number of hydrogen-bond acceptors (Lipinski definition) is 5. The van der Waals surface area contributed by atoms with Crippen molar-refractivity contribution in [3.63, 3.8) is 0 Å². The van der Waals surface area contributed by atoms with Crippen molar-refractivity contribution in [3.8, 4) is 0 Å². The van der Waals surface area contributed by atoms with Gasteiger partial charge in [0.1, 0.15) is 0 Å². The molecule has 0 saturated carbocycles. The first kappa shape index (κ1) is 11.0. The van der Waals surface area contributed by atoms with Gasteiger partial charge >= 0.3 is 0 Å². The van der Waals surface area contributed by atoms with Crippen LogP contribution >= 0.6 is 11.5 Å². The number of nitrogens with one attached hydrogen (secondary N) is 1. The van der Waals surface area contributed by atoms with Gasteiger partial charge in [0.05, 0.1) is 5.69 Å². The molecule has 1 atom stereocenters. The highest BCUT2D eigenvalue weighted by atomic mass is 32.1. The summed E-state index contributed by atoms with van der Waals surface area (Å²) in [4.78, 5) is 2.52. The highest BCUT2D eigenvalue weighted by Crippen LogP contribution is 2.13. The minimum Gasteiger partial charge on any atom is -0.315 e. The summed E-state index contributed by atoms with van der Waals surface area (Å²) in [5.41, 5.74) is 1.11. The van der Waals surface area contributed by atoms with Crippen molar-refractivity contribution in [2.75, 3.05) is 19.6 Å². The SMILES string of the molecule is CCCN(Cc1csnn1)C1CCNC1. The maximum atomic E-state index is 4.12. The van der Waals surface area contributed by atoms with Crippen molar-refractivity contribution in [2.24, 2.45) is 0 Å². The van der Waals surface area contributed by atoms with Gasteiger partial charge in [-0.3, -0.25) is 4.90 Å². The molecule has 0 aromatic carbocycles. The van der Waals surface area contributed by atoms with Gasteiger partial charge in [0.25, 0.3) is 0 Å². The normalized spacial score (nSPS) is 21.3. The van der Waals surface area contributed by atoms with E-state index in [0.29, 0.717) is 6.04 Å². The van der Waals surface area contributed by atoms with E-state index in [0.717, 1.165) is 31.9 Å². The van der Waals surface area contributed by atoms with E-state index < -0.39 is 0 Å². The van der Waals surface area contributed by atoms with E-state index in [9.17, 15) is 0 Å². The molecule has 84 valence electrons. The Morgan fingerprint density at radius 3 is 3.20 bits per heavy atom. The van der Waals surface area contributed by atoms with Crippen molar-refractivity contribution in [2.45, 2.75) is 32.4 Å². The molecule has 15 heavy (non-hydrogen) atoms. The Balaban J connectivity index is 1.93. The van der Waals surface area contributed by atoms with Gasteiger partial charge < -0.3 is 5.32 Å². The number of nitrogens with zero attached hydrogens (tertiary/aromatic N) is 3. The van der Waals surface area contributed by atoms with Crippen molar-refractivity contribution in [1.82, 2.24) is 19.8 Å². The Labute approximate surface area is 94.8 Å². The van der Waals surface area contributed by atoms with Crippen LogP contribution in [0.4, 0.5) is 0 Å². The summed E-state index contributed by atoms with van der Waals surface area (Å²) in [5, 5.41) is 9.58. The highest BCUT2D eigenvalue weighted by molar-refractivity contribution is 7.03. The van der Waals surface area contributed by atoms with Crippen LogP contribution in [0.15, 0.2) is 5.38 Å². The lowest BCUT2D eigenvalue weighted by atomic mass is 10.2. The molecule has 0 amide bonds. The zero-order valence-electron chi connectivity index (χ0n) is 9.15. The van der Waals surface area contributed by atoms with E-state index in [1.807, 2.05) is 5.38 Å². The number of aromatic nitrogens is 2. The van der Waals surface area contributed by atoms with Crippen molar-refractivity contribution >= 4 is 11.5 Å². The Kier molecular flexibility index (Phi) is 4.05. The van der Waals surface area contributed by atoms with Gasteiger partial charge in [0, 0.05) is 24.5 Å². The molecule has 1 fully saturated rings. The molecule has 1 aliphatic rings. The van der Waals surface area contributed by atoms with E-state index in [2.05, 4.69) is 26.7 Å². The molecule has 1 aliphatic heterocycles. The Morgan fingerprint density at radius 1 is 1.67 bits per heavy atom. The van der Waals surface area contributed by atoms with Crippen LogP contribution < -0.4 is 5.32 Å². The topological polar surface area (TPSA) is 41.1 Å². The van der Waals surface area contributed by atoms with Gasteiger partial charge in [-0.25, -0.2) is 0 Å². The van der Waals surface area contributed by atoms with Gasteiger partial charge in [0.2, 0.25) is 0 Å². The highest BCUT2D eigenvalue weighted by Gasteiger charge is 2.22. The largest absolute Gasteiger partial charge is 0.315 e. The van der Waals surface area contributed by atoms with E-state index >= 15 is 0 Å². The predicted octanol–water partition coefficient (Wildman–Crippen LogP) is 1.11. The van der Waals surface area contributed by atoms with Gasteiger partial charge in [0.15, 0.2) is 0 Å². The first-order valence-electron chi connectivity index (χ1n) is 5.61. The Hall–Kier alpha value is -0.520. The predicted molar refractivity (Wildman–Crippen MR) is 61.9 cm³/mol. The molecule has 0 radical (unpaired) electrons. The van der Waals surface area contributed by atoms with Crippen LogP contribution in [-0.2, 0) is 6.54 Å². The molecule has 1 saturated heterocycles. The van der Waals surface area contributed by atoms with Crippen LogP contribution in [0, 0.1) is 0 Å². The molecule has 0 spiro atoms. The average Bonchev–Trinajstić information content (AvgIpc) is 2.89. The summed E-state index contributed by atoms with van der Waals surface area (Å²) in [6, 6.07) is 0.687. The number of hydrogen-bond donors (Lipinski definition) is 1. The average molecular weight is 226 g/mol. The molecule has 1 aromatic heterocycles.